The van der Waals surface area contributed by atoms with Crippen molar-refractivity contribution >= 4 is 34.8 Å². The van der Waals surface area contributed by atoms with Crippen molar-refractivity contribution in [2.24, 2.45) is 11.8 Å². The summed E-state index contributed by atoms with van der Waals surface area (Å²) in [6.07, 6.45) is 3.02. The van der Waals surface area contributed by atoms with Crippen molar-refractivity contribution in [3.05, 3.63) is 54.1 Å². The third-order valence-electron chi connectivity index (χ3n) is 5.49. The molecule has 0 aromatic heterocycles. The molecule has 1 saturated carbocycles. The Morgan fingerprint density at radius 3 is 2.17 bits per heavy atom. The van der Waals surface area contributed by atoms with Gasteiger partial charge in [0.05, 0.1) is 5.92 Å². The van der Waals surface area contributed by atoms with Gasteiger partial charge < -0.3 is 15.5 Å². The molecule has 1 saturated heterocycles. The van der Waals surface area contributed by atoms with Crippen molar-refractivity contribution in [1.29, 1.82) is 0 Å². The summed E-state index contributed by atoms with van der Waals surface area (Å²) in [7, 11) is 0. The maximum absolute atomic E-state index is 12.7. The van der Waals surface area contributed by atoms with Crippen LogP contribution in [0.5, 0.6) is 0 Å². The summed E-state index contributed by atoms with van der Waals surface area (Å²) in [6, 6.07) is 15.0. The van der Waals surface area contributed by atoms with Crippen LogP contribution in [0.1, 0.15) is 31.7 Å². The van der Waals surface area contributed by atoms with Crippen molar-refractivity contribution in [2.45, 2.75) is 32.6 Å². The van der Waals surface area contributed by atoms with Crippen molar-refractivity contribution in [3.63, 3.8) is 0 Å². The molecule has 6 heteroatoms. The van der Waals surface area contributed by atoms with Crippen molar-refractivity contribution < 1.29 is 14.4 Å². The molecule has 2 aliphatic rings. The Bertz CT molecular complexity index is 935. The first kappa shape index (κ1) is 19.2. The van der Waals surface area contributed by atoms with Crippen LogP contribution in [0.25, 0.3) is 0 Å². The lowest BCUT2D eigenvalue weighted by molar-refractivity contribution is -0.122. The molecule has 6 nitrogen and oxygen atoms in total. The summed E-state index contributed by atoms with van der Waals surface area (Å²) in [5, 5.41) is 5.76. The van der Waals surface area contributed by atoms with Gasteiger partial charge in [-0.2, -0.15) is 0 Å². The van der Waals surface area contributed by atoms with E-state index in [2.05, 4.69) is 17.6 Å². The molecule has 1 unspecified atom stereocenters. The van der Waals surface area contributed by atoms with Gasteiger partial charge in [0.2, 0.25) is 17.7 Å². The van der Waals surface area contributed by atoms with Gasteiger partial charge in [-0.25, -0.2) is 0 Å². The quantitative estimate of drug-likeness (QED) is 0.790. The summed E-state index contributed by atoms with van der Waals surface area (Å²) >= 11 is 0. The number of nitrogens with one attached hydrogen (secondary N) is 2. The van der Waals surface area contributed by atoms with E-state index in [1.54, 1.807) is 29.2 Å². The fourth-order valence-corrected chi connectivity index (χ4v) is 3.55. The van der Waals surface area contributed by atoms with E-state index in [9.17, 15) is 14.4 Å². The zero-order valence-corrected chi connectivity index (χ0v) is 16.5. The molecule has 3 amide bonds. The molecule has 0 spiro atoms. The summed E-state index contributed by atoms with van der Waals surface area (Å²) < 4.78 is 0. The average molecular weight is 391 g/mol. The topological polar surface area (TPSA) is 78.5 Å². The molecule has 1 aliphatic carbocycles. The number of nitrogens with zero attached hydrogens (tertiary/aromatic N) is 1. The van der Waals surface area contributed by atoms with Crippen LogP contribution in [0.4, 0.5) is 17.1 Å². The molecule has 0 bridgehead atoms. The van der Waals surface area contributed by atoms with Crippen molar-refractivity contribution in [3.8, 4) is 0 Å². The fraction of sp³-hybridized carbons (Fsp3) is 0.348. The van der Waals surface area contributed by atoms with Crippen LogP contribution >= 0.6 is 0 Å². The molecule has 1 heterocycles. The van der Waals surface area contributed by atoms with Crippen LogP contribution in [-0.4, -0.2) is 24.3 Å². The standard InChI is InChI=1S/C23H25N3O3/c1-2-15-4-3-5-20(12-15)26-14-17(13-21(26)27)23(29)25-19-10-8-18(9-11-19)24-22(28)16-6-7-16/h3-5,8-12,16-17H,2,6-7,13-14H2,1H3,(H,24,28)(H,25,29). The number of anilines is 3. The van der Waals surface area contributed by atoms with Gasteiger partial charge in [0.15, 0.2) is 0 Å². The predicted octanol–water partition coefficient (Wildman–Crippen LogP) is 3.59. The minimum absolute atomic E-state index is 0.0310. The van der Waals surface area contributed by atoms with Gasteiger partial charge in [0.25, 0.3) is 0 Å². The average Bonchev–Trinajstić information content (AvgIpc) is 3.51. The molecule has 2 N–H and O–H groups in total. The highest BCUT2D eigenvalue weighted by atomic mass is 16.2. The van der Waals surface area contributed by atoms with Crippen LogP contribution in [0.2, 0.25) is 0 Å². The molecule has 150 valence electrons. The normalized spacial score (nSPS) is 18.6. The smallest absolute Gasteiger partial charge is 0.229 e. The van der Waals surface area contributed by atoms with E-state index < -0.39 is 0 Å². The van der Waals surface area contributed by atoms with Gasteiger partial charge in [-0.1, -0.05) is 19.1 Å². The second-order valence-corrected chi connectivity index (χ2v) is 7.76. The lowest BCUT2D eigenvalue weighted by Gasteiger charge is -2.17. The molecule has 2 fully saturated rings. The van der Waals surface area contributed by atoms with Crippen molar-refractivity contribution in [2.75, 3.05) is 22.1 Å². The van der Waals surface area contributed by atoms with Gasteiger partial charge in [-0.15, -0.1) is 0 Å². The first-order chi connectivity index (χ1) is 14.0. The maximum Gasteiger partial charge on any atom is 0.229 e. The number of benzene rings is 2. The minimum atomic E-state index is -0.387. The van der Waals surface area contributed by atoms with E-state index in [1.807, 2.05) is 24.3 Å². The molecular formula is C23H25N3O3. The Morgan fingerprint density at radius 1 is 0.966 bits per heavy atom. The Morgan fingerprint density at radius 2 is 1.59 bits per heavy atom. The highest BCUT2D eigenvalue weighted by Gasteiger charge is 2.35. The molecule has 1 atom stereocenters. The number of carbonyl (C=O) groups is 3. The van der Waals surface area contributed by atoms with Crippen LogP contribution < -0.4 is 15.5 Å². The molecular weight excluding hydrogens is 366 g/mol. The summed E-state index contributed by atoms with van der Waals surface area (Å²) in [5.74, 6) is -0.380. The third kappa shape index (κ3) is 4.47. The maximum atomic E-state index is 12.7. The van der Waals surface area contributed by atoms with Crippen LogP contribution in [0, 0.1) is 11.8 Å². The highest BCUT2D eigenvalue weighted by Crippen LogP contribution is 2.30. The number of amides is 3. The highest BCUT2D eigenvalue weighted by molar-refractivity contribution is 6.03. The van der Waals surface area contributed by atoms with E-state index in [4.69, 9.17) is 0 Å². The van der Waals surface area contributed by atoms with Crippen LogP contribution in [-0.2, 0) is 20.8 Å². The first-order valence-corrected chi connectivity index (χ1v) is 10.1. The summed E-state index contributed by atoms with van der Waals surface area (Å²) in [4.78, 5) is 38.6. The molecule has 4 rings (SSSR count). The first-order valence-electron chi connectivity index (χ1n) is 10.1. The monoisotopic (exact) mass is 391 g/mol. The van der Waals surface area contributed by atoms with Gasteiger partial charge in [-0.3, -0.25) is 14.4 Å². The Hall–Kier alpha value is -3.15. The zero-order chi connectivity index (χ0) is 20.4. The Labute approximate surface area is 170 Å². The predicted molar refractivity (Wildman–Crippen MR) is 113 cm³/mol. The van der Waals surface area contributed by atoms with Gasteiger partial charge in [-0.05, 0) is 61.2 Å². The SMILES string of the molecule is CCc1cccc(N2CC(C(=O)Nc3ccc(NC(=O)C4CC4)cc3)CC2=O)c1. The van der Waals surface area contributed by atoms with E-state index in [0.29, 0.717) is 12.2 Å². The van der Waals surface area contributed by atoms with Gasteiger partial charge >= 0.3 is 0 Å². The van der Waals surface area contributed by atoms with Gasteiger partial charge in [0.1, 0.15) is 0 Å². The minimum Gasteiger partial charge on any atom is -0.326 e. The molecule has 29 heavy (non-hydrogen) atoms. The fourth-order valence-electron chi connectivity index (χ4n) is 3.55. The van der Waals surface area contributed by atoms with E-state index >= 15 is 0 Å². The molecule has 2 aromatic rings. The number of aryl methyl sites for hydroxylation is 1. The largest absolute Gasteiger partial charge is 0.326 e. The number of hydrogen-bond acceptors (Lipinski definition) is 3. The van der Waals surface area contributed by atoms with Crippen LogP contribution in [0.15, 0.2) is 48.5 Å². The Kier molecular flexibility index (Phi) is 5.34. The molecule has 1 aliphatic heterocycles. The van der Waals surface area contributed by atoms with Crippen LogP contribution in [0.3, 0.4) is 0 Å². The number of hydrogen-bond donors (Lipinski definition) is 2. The van der Waals surface area contributed by atoms with Crippen molar-refractivity contribution in [1.82, 2.24) is 0 Å². The van der Waals surface area contributed by atoms with Gasteiger partial charge in [0, 0.05) is 35.9 Å². The van der Waals surface area contributed by atoms with E-state index in [0.717, 1.165) is 36.2 Å². The number of rotatable bonds is 6. The summed E-state index contributed by atoms with van der Waals surface area (Å²) in [6.45, 7) is 2.46. The summed E-state index contributed by atoms with van der Waals surface area (Å²) in [5.41, 5.74) is 3.38. The lowest BCUT2D eigenvalue weighted by atomic mass is 10.1. The second kappa shape index (κ2) is 8.07. The third-order valence-corrected chi connectivity index (χ3v) is 5.49. The second-order valence-electron chi connectivity index (χ2n) is 7.76. The number of carbonyl (C=O) groups excluding carboxylic acids is 3. The Balaban J connectivity index is 1.36. The molecule has 0 radical (unpaired) electrons. The molecule has 2 aromatic carbocycles. The van der Waals surface area contributed by atoms with E-state index in [-0.39, 0.29) is 36.0 Å². The zero-order valence-electron chi connectivity index (χ0n) is 16.5. The lowest BCUT2D eigenvalue weighted by Crippen LogP contribution is -2.28. The van der Waals surface area contributed by atoms with E-state index in [1.165, 1.54) is 0 Å².